The van der Waals surface area contributed by atoms with Crippen LogP contribution in [0, 0.1) is 5.92 Å². The fraction of sp³-hybridized carbons (Fsp3) is 0.571. The first kappa shape index (κ1) is 9.25. The largest absolute Gasteiger partial charge is 0.368 e. The molecule has 0 fully saturated rings. The summed E-state index contributed by atoms with van der Waals surface area (Å²) in [5.74, 6) is 0.301. The monoisotopic (exact) mass is 185 g/mol. The number of aliphatic imine (C=N–C) groups is 2. The van der Waals surface area contributed by atoms with Gasteiger partial charge in [0.25, 0.3) is 5.91 Å². The van der Waals surface area contributed by atoms with E-state index in [1.165, 1.54) is 0 Å². The molecule has 12 heavy (non-hydrogen) atoms. The lowest BCUT2D eigenvalue weighted by Gasteiger charge is -2.15. The molecule has 1 amide bonds. The smallest absolute Gasteiger partial charge is 0.257 e. The van der Waals surface area contributed by atoms with Crippen LogP contribution in [0.25, 0.3) is 0 Å². The summed E-state index contributed by atoms with van der Waals surface area (Å²) in [5.41, 5.74) is 6.03. The first-order chi connectivity index (χ1) is 5.65. The molecule has 0 saturated carbocycles. The third kappa shape index (κ3) is 1.85. The van der Waals surface area contributed by atoms with Crippen LogP contribution in [0.1, 0.15) is 13.3 Å². The van der Waals surface area contributed by atoms with E-state index >= 15 is 0 Å². The van der Waals surface area contributed by atoms with Crippen molar-refractivity contribution in [2.24, 2.45) is 21.6 Å². The number of amides is 1. The molecule has 0 saturated heterocycles. The van der Waals surface area contributed by atoms with Crippen LogP contribution in [-0.4, -0.2) is 23.3 Å². The van der Waals surface area contributed by atoms with Crippen molar-refractivity contribution in [1.29, 1.82) is 0 Å². The molecule has 0 radical (unpaired) electrons. The third-order valence-electron chi connectivity index (χ3n) is 1.74. The maximum Gasteiger partial charge on any atom is 0.257 e. The van der Waals surface area contributed by atoms with Gasteiger partial charge in [0.1, 0.15) is 0 Å². The highest BCUT2D eigenvalue weighted by Gasteiger charge is 2.24. The van der Waals surface area contributed by atoms with Gasteiger partial charge < -0.3 is 5.73 Å². The Morgan fingerprint density at radius 1 is 1.58 bits per heavy atom. The number of hydrogen-bond acceptors (Lipinski definition) is 4. The number of rotatable bonds is 2. The van der Waals surface area contributed by atoms with Gasteiger partial charge in [-0.05, 0) is 19.1 Å². The number of guanidine groups is 1. The van der Waals surface area contributed by atoms with Crippen molar-refractivity contribution in [1.82, 2.24) is 0 Å². The van der Waals surface area contributed by atoms with Gasteiger partial charge in [0, 0.05) is 5.71 Å². The Balaban J connectivity index is 2.80. The van der Waals surface area contributed by atoms with Gasteiger partial charge in [0.15, 0.2) is 0 Å². The molecule has 5 heteroatoms. The van der Waals surface area contributed by atoms with Crippen molar-refractivity contribution in [3.05, 3.63) is 0 Å². The molecule has 0 aromatic heterocycles. The van der Waals surface area contributed by atoms with Crippen LogP contribution in [0.5, 0.6) is 0 Å². The maximum absolute atomic E-state index is 11.2. The Labute approximate surface area is 76.4 Å². The normalized spacial score (nSPS) is 23.5. The zero-order chi connectivity index (χ0) is 9.14. The van der Waals surface area contributed by atoms with Crippen LogP contribution < -0.4 is 5.73 Å². The van der Waals surface area contributed by atoms with Crippen molar-refractivity contribution >= 4 is 30.2 Å². The lowest BCUT2D eigenvalue weighted by atomic mass is 10.00. The van der Waals surface area contributed by atoms with Gasteiger partial charge in [-0.15, -0.1) is 0 Å². The fourth-order valence-electron chi connectivity index (χ4n) is 1.11. The first-order valence-corrected chi connectivity index (χ1v) is 4.32. The van der Waals surface area contributed by atoms with Crippen molar-refractivity contribution in [2.45, 2.75) is 13.3 Å². The molecule has 1 unspecified atom stereocenters. The Bertz CT molecular complexity index is 259. The molecule has 66 valence electrons. The SMILES string of the molecule is CC1=NC(N)=NC(=O)C1CCS. The summed E-state index contributed by atoms with van der Waals surface area (Å²) >= 11 is 4.05. The molecule has 2 N–H and O–H groups in total. The minimum Gasteiger partial charge on any atom is -0.368 e. The zero-order valence-electron chi connectivity index (χ0n) is 6.82. The molecule has 0 aromatic carbocycles. The molecule has 1 atom stereocenters. The number of carbonyl (C=O) groups is 1. The van der Waals surface area contributed by atoms with Gasteiger partial charge in [-0.2, -0.15) is 17.6 Å². The Morgan fingerprint density at radius 3 is 2.75 bits per heavy atom. The molecule has 1 aliphatic heterocycles. The predicted molar refractivity (Wildman–Crippen MR) is 51.7 cm³/mol. The maximum atomic E-state index is 11.2. The van der Waals surface area contributed by atoms with Gasteiger partial charge in [-0.25, -0.2) is 4.99 Å². The number of nitrogens with two attached hydrogens (primary N) is 1. The number of hydrogen-bond donors (Lipinski definition) is 2. The number of nitrogens with zero attached hydrogens (tertiary/aromatic N) is 2. The Kier molecular flexibility index (Phi) is 2.86. The second-order valence-corrected chi connectivity index (χ2v) is 3.07. The summed E-state index contributed by atoms with van der Waals surface area (Å²) < 4.78 is 0. The van der Waals surface area contributed by atoms with E-state index in [9.17, 15) is 4.79 Å². The van der Waals surface area contributed by atoms with E-state index in [0.29, 0.717) is 12.2 Å². The van der Waals surface area contributed by atoms with Crippen LogP contribution in [0.15, 0.2) is 9.98 Å². The van der Waals surface area contributed by atoms with E-state index in [1.54, 1.807) is 6.92 Å². The van der Waals surface area contributed by atoms with Gasteiger partial charge in [-0.1, -0.05) is 0 Å². The van der Waals surface area contributed by atoms with E-state index in [2.05, 4.69) is 22.6 Å². The summed E-state index contributed by atoms with van der Waals surface area (Å²) in [5, 5.41) is 0. The molecule has 1 heterocycles. The average molecular weight is 185 g/mol. The molecule has 0 bridgehead atoms. The lowest BCUT2D eigenvalue weighted by Crippen LogP contribution is -2.29. The molecule has 0 aliphatic carbocycles. The quantitative estimate of drug-likeness (QED) is 0.605. The van der Waals surface area contributed by atoms with Crippen LogP contribution >= 0.6 is 12.6 Å². The van der Waals surface area contributed by atoms with E-state index < -0.39 is 0 Å². The van der Waals surface area contributed by atoms with Crippen LogP contribution in [0.2, 0.25) is 0 Å². The van der Waals surface area contributed by atoms with Gasteiger partial charge in [0.05, 0.1) is 5.92 Å². The Hall–Kier alpha value is -0.840. The zero-order valence-corrected chi connectivity index (χ0v) is 7.71. The topological polar surface area (TPSA) is 67.8 Å². The predicted octanol–water partition coefficient (Wildman–Crippen LogP) is 0.238. The lowest BCUT2D eigenvalue weighted by molar-refractivity contribution is -0.119. The minimum absolute atomic E-state index is 0.0629. The van der Waals surface area contributed by atoms with Crippen molar-refractivity contribution in [2.75, 3.05) is 5.75 Å². The first-order valence-electron chi connectivity index (χ1n) is 3.69. The standard InChI is InChI=1S/C7H11N3OS/c1-4-5(2-3-12)6(11)10-7(8)9-4/h5,12H,2-3H2,1H3,(H2,8,10,11). The molecule has 0 spiro atoms. The van der Waals surface area contributed by atoms with Crippen molar-refractivity contribution in [3.8, 4) is 0 Å². The summed E-state index contributed by atoms with van der Waals surface area (Å²) in [6, 6.07) is 0. The molecule has 0 aromatic rings. The van der Waals surface area contributed by atoms with Crippen molar-refractivity contribution < 1.29 is 4.79 Å². The molecular weight excluding hydrogens is 174 g/mol. The van der Waals surface area contributed by atoms with Crippen LogP contribution in [0.4, 0.5) is 0 Å². The molecule has 1 aliphatic rings. The molecular formula is C7H11N3OS. The van der Waals surface area contributed by atoms with Gasteiger partial charge in [0.2, 0.25) is 5.96 Å². The average Bonchev–Trinajstić information content (AvgIpc) is 1.96. The third-order valence-corrected chi connectivity index (χ3v) is 1.99. The minimum atomic E-state index is -0.213. The van der Waals surface area contributed by atoms with Gasteiger partial charge >= 0.3 is 0 Å². The van der Waals surface area contributed by atoms with Crippen LogP contribution in [-0.2, 0) is 4.79 Å². The van der Waals surface area contributed by atoms with E-state index in [-0.39, 0.29) is 17.8 Å². The van der Waals surface area contributed by atoms with Crippen molar-refractivity contribution in [3.63, 3.8) is 0 Å². The van der Waals surface area contributed by atoms with Crippen LogP contribution in [0.3, 0.4) is 0 Å². The summed E-state index contributed by atoms with van der Waals surface area (Å²) in [7, 11) is 0. The van der Waals surface area contributed by atoms with E-state index in [1.807, 2.05) is 0 Å². The molecule has 1 rings (SSSR count). The highest BCUT2D eigenvalue weighted by Crippen LogP contribution is 2.13. The summed E-state index contributed by atoms with van der Waals surface area (Å²) in [4.78, 5) is 18.7. The Morgan fingerprint density at radius 2 is 2.25 bits per heavy atom. The fourth-order valence-corrected chi connectivity index (χ4v) is 1.37. The summed E-state index contributed by atoms with van der Waals surface area (Å²) in [6.45, 7) is 1.79. The number of thiol groups is 1. The van der Waals surface area contributed by atoms with E-state index in [0.717, 1.165) is 5.71 Å². The van der Waals surface area contributed by atoms with E-state index in [4.69, 9.17) is 5.73 Å². The summed E-state index contributed by atoms with van der Waals surface area (Å²) in [6.07, 6.45) is 0.675. The number of carbonyl (C=O) groups excluding carboxylic acids is 1. The van der Waals surface area contributed by atoms with Gasteiger partial charge in [-0.3, -0.25) is 4.79 Å². The highest BCUT2D eigenvalue weighted by molar-refractivity contribution is 7.80. The highest BCUT2D eigenvalue weighted by atomic mass is 32.1. The molecule has 4 nitrogen and oxygen atoms in total. The second kappa shape index (κ2) is 3.71. The second-order valence-electron chi connectivity index (χ2n) is 2.63.